The zero-order valence-corrected chi connectivity index (χ0v) is 13.0. The lowest BCUT2D eigenvalue weighted by molar-refractivity contribution is -0.134. The summed E-state index contributed by atoms with van der Waals surface area (Å²) in [6.07, 6.45) is 5.97. The van der Waals surface area contributed by atoms with Crippen LogP contribution >= 0.6 is 0 Å². The van der Waals surface area contributed by atoms with Gasteiger partial charge < -0.3 is 15.2 Å². The van der Waals surface area contributed by atoms with Gasteiger partial charge in [0.15, 0.2) is 0 Å². The molecule has 5 nitrogen and oxygen atoms in total. The molecule has 1 amide bonds. The average molecular weight is 291 g/mol. The Balaban J connectivity index is 1.99. The minimum atomic E-state index is -0.189. The number of carbonyl (C=O) groups excluding carboxylic acids is 1. The molecule has 1 saturated heterocycles. The van der Waals surface area contributed by atoms with Gasteiger partial charge in [-0.2, -0.15) is 0 Å². The summed E-state index contributed by atoms with van der Waals surface area (Å²) in [4.78, 5) is 25.9. The molecule has 0 bridgehead atoms. The highest BCUT2D eigenvalue weighted by Crippen LogP contribution is 2.37. The van der Waals surface area contributed by atoms with Gasteiger partial charge in [-0.25, -0.2) is 0 Å². The number of nitrogens with two attached hydrogens (primary N) is 1. The van der Waals surface area contributed by atoms with Gasteiger partial charge in [0, 0.05) is 31.0 Å². The molecule has 2 heterocycles. The van der Waals surface area contributed by atoms with E-state index < -0.39 is 0 Å². The van der Waals surface area contributed by atoms with Gasteiger partial charge >= 0.3 is 0 Å². The van der Waals surface area contributed by atoms with Crippen molar-refractivity contribution in [3.63, 3.8) is 0 Å². The maximum Gasteiger partial charge on any atom is 0.251 e. The van der Waals surface area contributed by atoms with Crippen LogP contribution in [0.2, 0.25) is 0 Å². The monoisotopic (exact) mass is 291 g/mol. The number of piperidine rings is 1. The normalized spacial score (nSPS) is 17.7. The van der Waals surface area contributed by atoms with E-state index in [1.807, 2.05) is 4.90 Å². The SMILES string of the molecule is CCC1(CC)CCN(C(=O)Cn2cc(N)ccc2=O)CC1. The second-order valence-corrected chi connectivity index (χ2v) is 6.02. The molecule has 21 heavy (non-hydrogen) atoms. The summed E-state index contributed by atoms with van der Waals surface area (Å²) in [5.74, 6) is 0.00325. The molecule has 1 aliphatic rings. The summed E-state index contributed by atoms with van der Waals surface area (Å²) in [6.45, 7) is 6.12. The molecular formula is C16H25N3O2. The molecular weight excluding hydrogens is 266 g/mol. The minimum Gasteiger partial charge on any atom is -0.398 e. The third-order valence-electron chi connectivity index (χ3n) is 4.99. The van der Waals surface area contributed by atoms with Gasteiger partial charge in [0.1, 0.15) is 6.54 Å². The van der Waals surface area contributed by atoms with Crippen LogP contribution in [0.25, 0.3) is 0 Å². The van der Waals surface area contributed by atoms with Gasteiger partial charge in [-0.1, -0.05) is 26.7 Å². The predicted octanol–water partition coefficient (Wildman–Crippen LogP) is 1.86. The maximum atomic E-state index is 12.3. The van der Waals surface area contributed by atoms with E-state index >= 15 is 0 Å². The standard InChI is InChI=1S/C16H25N3O2/c1-3-16(4-2)7-9-18(10-8-16)15(21)12-19-11-13(17)5-6-14(19)20/h5-6,11H,3-4,7-10,12,17H2,1-2H3. The van der Waals surface area contributed by atoms with Crippen LogP contribution in [0.4, 0.5) is 5.69 Å². The van der Waals surface area contributed by atoms with Crippen molar-refractivity contribution in [2.24, 2.45) is 5.41 Å². The number of nitrogens with zero attached hydrogens (tertiary/aromatic N) is 2. The lowest BCUT2D eigenvalue weighted by Gasteiger charge is -2.41. The Morgan fingerprint density at radius 1 is 1.24 bits per heavy atom. The molecule has 0 saturated carbocycles. The Morgan fingerprint density at radius 3 is 2.43 bits per heavy atom. The minimum absolute atomic E-state index is 0.00325. The zero-order valence-electron chi connectivity index (χ0n) is 13.0. The van der Waals surface area contributed by atoms with Crippen LogP contribution < -0.4 is 11.3 Å². The molecule has 1 aromatic heterocycles. The summed E-state index contributed by atoms with van der Waals surface area (Å²) in [6, 6.07) is 2.96. The van der Waals surface area contributed by atoms with Gasteiger partial charge in [-0.05, 0) is 24.3 Å². The second-order valence-electron chi connectivity index (χ2n) is 6.02. The van der Waals surface area contributed by atoms with E-state index in [2.05, 4.69) is 13.8 Å². The molecule has 0 aromatic carbocycles. The summed E-state index contributed by atoms with van der Waals surface area (Å²) in [5, 5.41) is 0. The third kappa shape index (κ3) is 3.46. The molecule has 116 valence electrons. The number of aromatic nitrogens is 1. The Morgan fingerprint density at radius 2 is 1.86 bits per heavy atom. The number of amides is 1. The number of rotatable bonds is 4. The van der Waals surface area contributed by atoms with Gasteiger partial charge in [-0.15, -0.1) is 0 Å². The van der Waals surface area contributed by atoms with Crippen molar-refractivity contribution in [1.29, 1.82) is 0 Å². The predicted molar refractivity (Wildman–Crippen MR) is 83.9 cm³/mol. The van der Waals surface area contributed by atoms with Crippen molar-refractivity contribution < 1.29 is 4.79 Å². The van der Waals surface area contributed by atoms with E-state index in [0.717, 1.165) is 25.9 Å². The van der Waals surface area contributed by atoms with E-state index in [4.69, 9.17) is 5.73 Å². The van der Waals surface area contributed by atoms with Crippen LogP contribution in [-0.2, 0) is 11.3 Å². The van der Waals surface area contributed by atoms with Gasteiger partial charge in [0.2, 0.25) is 5.91 Å². The summed E-state index contributed by atoms with van der Waals surface area (Å²) in [5.41, 5.74) is 6.37. The largest absolute Gasteiger partial charge is 0.398 e. The maximum absolute atomic E-state index is 12.3. The van der Waals surface area contributed by atoms with Crippen molar-refractivity contribution in [2.45, 2.75) is 46.1 Å². The Bertz CT molecular complexity index is 551. The van der Waals surface area contributed by atoms with Gasteiger partial charge in [0.25, 0.3) is 5.56 Å². The molecule has 0 radical (unpaired) electrons. The number of pyridine rings is 1. The van der Waals surface area contributed by atoms with Crippen molar-refractivity contribution in [2.75, 3.05) is 18.8 Å². The van der Waals surface area contributed by atoms with E-state index in [1.165, 1.54) is 29.7 Å². The summed E-state index contributed by atoms with van der Waals surface area (Å²) < 4.78 is 1.39. The van der Waals surface area contributed by atoms with E-state index in [0.29, 0.717) is 11.1 Å². The topological polar surface area (TPSA) is 68.3 Å². The molecule has 0 unspecified atom stereocenters. The first-order valence-electron chi connectivity index (χ1n) is 7.73. The second kappa shape index (κ2) is 6.33. The average Bonchev–Trinajstić information content (AvgIpc) is 2.51. The highest BCUT2D eigenvalue weighted by Gasteiger charge is 2.32. The molecule has 2 rings (SSSR count). The van der Waals surface area contributed by atoms with E-state index in [9.17, 15) is 9.59 Å². The number of hydrogen-bond acceptors (Lipinski definition) is 3. The lowest BCUT2D eigenvalue weighted by atomic mass is 9.74. The molecule has 1 fully saturated rings. The molecule has 0 aliphatic carbocycles. The molecule has 1 aromatic rings. The number of hydrogen-bond donors (Lipinski definition) is 1. The van der Waals surface area contributed by atoms with Gasteiger partial charge in [-0.3, -0.25) is 9.59 Å². The first-order valence-corrected chi connectivity index (χ1v) is 7.73. The van der Waals surface area contributed by atoms with Crippen molar-refractivity contribution in [3.05, 3.63) is 28.7 Å². The van der Waals surface area contributed by atoms with Crippen LogP contribution in [0.5, 0.6) is 0 Å². The van der Waals surface area contributed by atoms with Crippen LogP contribution in [-0.4, -0.2) is 28.5 Å². The summed E-state index contributed by atoms with van der Waals surface area (Å²) >= 11 is 0. The van der Waals surface area contributed by atoms with E-state index in [1.54, 1.807) is 6.07 Å². The molecule has 0 atom stereocenters. The smallest absolute Gasteiger partial charge is 0.251 e. The fourth-order valence-corrected chi connectivity index (χ4v) is 3.11. The first-order chi connectivity index (χ1) is 9.99. The Labute approximate surface area is 125 Å². The first kappa shape index (κ1) is 15.6. The van der Waals surface area contributed by atoms with Gasteiger partial charge in [0.05, 0.1) is 0 Å². The highest BCUT2D eigenvalue weighted by molar-refractivity contribution is 5.76. The zero-order chi connectivity index (χ0) is 15.5. The number of anilines is 1. The molecule has 1 aliphatic heterocycles. The lowest BCUT2D eigenvalue weighted by Crippen LogP contribution is -2.44. The van der Waals surface area contributed by atoms with Crippen LogP contribution in [0, 0.1) is 5.41 Å². The highest BCUT2D eigenvalue weighted by atomic mass is 16.2. The van der Waals surface area contributed by atoms with Crippen LogP contribution in [0.3, 0.4) is 0 Å². The fraction of sp³-hybridized carbons (Fsp3) is 0.625. The summed E-state index contributed by atoms with van der Waals surface area (Å²) in [7, 11) is 0. The number of carbonyl (C=O) groups is 1. The molecule has 2 N–H and O–H groups in total. The third-order valence-corrected chi connectivity index (χ3v) is 4.99. The Hall–Kier alpha value is -1.78. The van der Waals surface area contributed by atoms with Crippen molar-refractivity contribution >= 4 is 11.6 Å². The Kier molecular flexibility index (Phi) is 4.70. The number of likely N-dealkylation sites (tertiary alicyclic amines) is 1. The van der Waals surface area contributed by atoms with Crippen LogP contribution in [0.1, 0.15) is 39.5 Å². The molecule has 5 heteroatoms. The number of nitrogen functional groups attached to an aromatic ring is 1. The van der Waals surface area contributed by atoms with Crippen molar-refractivity contribution in [1.82, 2.24) is 9.47 Å². The van der Waals surface area contributed by atoms with Crippen LogP contribution in [0.15, 0.2) is 23.1 Å². The van der Waals surface area contributed by atoms with E-state index in [-0.39, 0.29) is 18.0 Å². The fourth-order valence-electron chi connectivity index (χ4n) is 3.11. The van der Waals surface area contributed by atoms with Crippen molar-refractivity contribution in [3.8, 4) is 0 Å². The quantitative estimate of drug-likeness (QED) is 0.920. The molecule has 0 spiro atoms.